The van der Waals surface area contributed by atoms with Gasteiger partial charge in [-0.2, -0.15) is 0 Å². The minimum Gasteiger partial charge on any atom is -0.315 e. The zero-order valence-electron chi connectivity index (χ0n) is 13.5. The molecule has 1 fully saturated rings. The first kappa shape index (κ1) is 16.9. The first-order chi connectivity index (χ1) is 9.11. The zero-order chi connectivity index (χ0) is 14.1. The van der Waals surface area contributed by atoms with Crippen molar-refractivity contribution in [2.24, 2.45) is 5.92 Å². The lowest BCUT2D eigenvalue weighted by atomic mass is 10.1. The van der Waals surface area contributed by atoms with Crippen molar-refractivity contribution in [3.8, 4) is 0 Å². The maximum atomic E-state index is 3.62. The second-order valence-corrected chi connectivity index (χ2v) is 6.20. The highest BCUT2D eigenvalue weighted by molar-refractivity contribution is 4.68. The predicted octanol–water partition coefficient (Wildman–Crippen LogP) is 0.801. The van der Waals surface area contributed by atoms with E-state index in [4.69, 9.17) is 0 Å². The van der Waals surface area contributed by atoms with Crippen LogP contribution in [0.25, 0.3) is 0 Å². The van der Waals surface area contributed by atoms with Gasteiger partial charge in [-0.3, -0.25) is 0 Å². The monoisotopic (exact) mass is 270 g/mol. The maximum Gasteiger partial charge on any atom is 0.0106 e. The number of rotatable bonds is 1. The molecule has 0 amide bonds. The summed E-state index contributed by atoms with van der Waals surface area (Å²) in [4.78, 5) is 7.40. The number of hydrogen-bond acceptors (Lipinski definition) is 4. The van der Waals surface area contributed by atoms with Crippen LogP contribution in [0.1, 0.15) is 19.8 Å². The SMILES string of the molecule is CCC1CNCCN(C)CCCN(C)CCN(C)C1. The summed E-state index contributed by atoms with van der Waals surface area (Å²) in [6.07, 6.45) is 2.54. The Bertz CT molecular complexity index is 222. The number of likely N-dealkylation sites (N-methyl/N-ethyl adjacent to an activating group) is 3. The lowest BCUT2D eigenvalue weighted by Crippen LogP contribution is -2.39. The molecule has 0 saturated carbocycles. The molecule has 1 unspecified atom stereocenters. The van der Waals surface area contributed by atoms with E-state index in [9.17, 15) is 0 Å². The van der Waals surface area contributed by atoms with Gasteiger partial charge in [0.05, 0.1) is 0 Å². The minimum atomic E-state index is 0.781. The van der Waals surface area contributed by atoms with Crippen molar-refractivity contribution in [2.75, 3.05) is 73.5 Å². The van der Waals surface area contributed by atoms with Gasteiger partial charge in [0.15, 0.2) is 0 Å². The molecule has 0 spiro atoms. The van der Waals surface area contributed by atoms with Crippen LogP contribution in [0.15, 0.2) is 0 Å². The third-order valence-electron chi connectivity index (χ3n) is 4.19. The molecule has 0 aromatic heterocycles. The molecular weight excluding hydrogens is 236 g/mol. The van der Waals surface area contributed by atoms with Crippen LogP contribution in [0.2, 0.25) is 0 Å². The van der Waals surface area contributed by atoms with E-state index in [-0.39, 0.29) is 0 Å². The van der Waals surface area contributed by atoms with Crippen LogP contribution in [-0.2, 0) is 0 Å². The number of nitrogens with zero attached hydrogens (tertiary/aromatic N) is 3. The van der Waals surface area contributed by atoms with Gasteiger partial charge in [-0.1, -0.05) is 13.3 Å². The zero-order valence-corrected chi connectivity index (χ0v) is 13.5. The molecule has 0 radical (unpaired) electrons. The van der Waals surface area contributed by atoms with Gasteiger partial charge in [-0.05, 0) is 53.1 Å². The van der Waals surface area contributed by atoms with Crippen LogP contribution in [0.3, 0.4) is 0 Å². The fourth-order valence-corrected chi connectivity index (χ4v) is 2.62. The summed E-state index contributed by atoms with van der Waals surface area (Å²) in [5.41, 5.74) is 0. The highest BCUT2D eigenvalue weighted by atomic mass is 15.2. The van der Waals surface area contributed by atoms with Gasteiger partial charge < -0.3 is 20.0 Å². The van der Waals surface area contributed by atoms with Crippen molar-refractivity contribution in [1.29, 1.82) is 0 Å². The average Bonchev–Trinajstić information content (AvgIpc) is 2.39. The van der Waals surface area contributed by atoms with E-state index < -0.39 is 0 Å². The minimum absolute atomic E-state index is 0.781. The molecule has 1 heterocycles. The summed E-state index contributed by atoms with van der Waals surface area (Å²) >= 11 is 0. The number of hydrogen-bond donors (Lipinski definition) is 1. The molecule has 19 heavy (non-hydrogen) atoms. The van der Waals surface area contributed by atoms with E-state index in [1.807, 2.05) is 0 Å². The fourth-order valence-electron chi connectivity index (χ4n) is 2.62. The average molecular weight is 270 g/mol. The Morgan fingerprint density at radius 3 is 2.21 bits per heavy atom. The van der Waals surface area contributed by atoms with Gasteiger partial charge in [-0.15, -0.1) is 0 Å². The van der Waals surface area contributed by atoms with Crippen molar-refractivity contribution in [3.63, 3.8) is 0 Å². The van der Waals surface area contributed by atoms with Crippen molar-refractivity contribution >= 4 is 0 Å². The molecule has 0 aromatic rings. The highest BCUT2D eigenvalue weighted by Gasteiger charge is 2.11. The van der Waals surface area contributed by atoms with Gasteiger partial charge in [0, 0.05) is 32.7 Å². The molecule has 4 nitrogen and oxygen atoms in total. The first-order valence-corrected chi connectivity index (χ1v) is 7.88. The second-order valence-electron chi connectivity index (χ2n) is 6.20. The molecule has 4 heteroatoms. The van der Waals surface area contributed by atoms with E-state index in [2.05, 4.69) is 48.1 Å². The molecule has 1 aliphatic heterocycles. The van der Waals surface area contributed by atoms with E-state index in [1.54, 1.807) is 0 Å². The quantitative estimate of drug-likeness (QED) is 0.761. The van der Waals surface area contributed by atoms with Crippen molar-refractivity contribution in [3.05, 3.63) is 0 Å². The van der Waals surface area contributed by atoms with Gasteiger partial charge in [-0.25, -0.2) is 0 Å². The molecule has 1 saturated heterocycles. The van der Waals surface area contributed by atoms with E-state index in [1.165, 1.54) is 45.6 Å². The molecule has 114 valence electrons. The van der Waals surface area contributed by atoms with Crippen molar-refractivity contribution in [1.82, 2.24) is 20.0 Å². The Morgan fingerprint density at radius 1 is 0.895 bits per heavy atom. The Balaban J connectivity index is 2.43. The molecule has 1 atom stereocenters. The van der Waals surface area contributed by atoms with Crippen LogP contribution >= 0.6 is 0 Å². The Hall–Kier alpha value is -0.160. The third kappa shape index (κ3) is 7.88. The Kier molecular flexibility index (Phi) is 8.62. The topological polar surface area (TPSA) is 21.8 Å². The van der Waals surface area contributed by atoms with E-state index in [0.29, 0.717) is 0 Å². The fraction of sp³-hybridized carbons (Fsp3) is 1.00. The molecule has 0 aliphatic carbocycles. The highest BCUT2D eigenvalue weighted by Crippen LogP contribution is 2.04. The summed E-state index contributed by atoms with van der Waals surface area (Å²) in [6.45, 7) is 11.7. The molecule has 1 N–H and O–H groups in total. The van der Waals surface area contributed by atoms with Crippen molar-refractivity contribution < 1.29 is 0 Å². The largest absolute Gasteiger partial charge is 0.315 e. The number of nitrogens with one attached hydrogen (secondary N) is 1. The summed E-state index contributed by atoms with van der Waals surface area (Å²) in [6, 6.07) is 0. The molecule has 0 bridgehead atoms. The second kappa shape index (κ2) is 9.70. The smallest absolute Gasteiger partial charge is 0.0106 e. The lowest BCUT2D eigenvalue weighted by Gasteiger charge is -2.27. The normalized spacial score (nSPS) is 28.1. The third-order valence-corrected chi connectivity index (χ3v) is 4.19. The summed E-state index contributed by atoms with van der Waals surface area (Å²) in [5.74, 6) is 0.781. The van der Waals surface area contributed by atoms with Crippen molar-refractivity contribution in [2.45, 2.75) is 19.8 Å². The molecular formula is C15H34N4. The standard InChI is InChI=1S/C15H34N4/c1-5-15-13-16-7-10-17(2)8-6-9-18(3)11-12-19(4)14-15/h15-16H,5-14H2,1-4H3. The molecule has 1 rings (SSSR count). The summed E-state index contributed by atoms with van der Waals surface area (Å²) < 4.78 is 0. The van der Waals surface area contributed by atoms with Gasteiger partial charge in [0.25, 0.3) is 0 Å². The summed E-state index contributed by atoms with van der Waals surface area (Å²) in [7, 11) is 6.74. The van der Waals surface area contributed by atoms with Gasteiger partial charge in [0.2, 0.25) is 0 Å². The van der Waals surface area contributed by atoms with Gasteiger partial charge in [0.1, 0.15) is 0 Å². The van der Waals surface area contributed by atoms with E-state index >= 15 is 0 Å². The van der Waals surface area contributed by atoms with Crippen LogP contribution < -0.4 is 5.32 Å². The maximum absolute atomic E-state index is 3.62. The predicted molar refractivity (Wildman–Crippen MR) is 83.8 cm³/mol. The molecule has 0 aromatic carbocycles. The molecule has 1 aliphatic rings. The van der Waals surface area contributed by atoms with Crippen LogP contribution in [-0.4, -0.2) is 88.2 Å². The van der Waals surface area contributed by atoms with Crippen LogP contribution in [0, 0.1) is 5.92 Å². The van der Waals surface area contributed by atoms with Crippen LogP contribution in [0.5, 0.6) is 0 Å². The van der Waals surface area contributed by atoms with E-state index in [0.717, 1.165) is 25.6 Å². The summed E-state index contributed by atoms with van der Waals surface area (Å²) in [5, 5.41) is 3.62. The Labute approximate surface area is 120 Å². The van der Waals surface area contributed by atoms with Crippen LogP contribution in [0.4, 0.5) is 0 Å². The first-order valence-electron chi connectivity index (χ1n) is 7.88. The van der Waals surface area contributed by atoms with Gasteiger partial charge >= 0.3 is 0 Å². The lowest BCUT2D eigenvalue weighted by molar-refractivity contribution is 0.211. The Morgan fingerprint density at radius 2 is 1.53 bits per heavy atom.